The minimum absolute atomic E-state index is 0.0719. The van der Waals surface area contributed by atoms with Crippen LogP contribution in [0.1, 0.15) is 11.1 Å². The first-order chi connectivity index (χ1) is 8.06. The van der Waals surface area contributed by atoms with Crippen LogP contribution >= 0.6 is 0 Å². The van der Waals surface area contributed by atoms with Crippen LogP contribution in [0.5, 0.6) is 0 Å². The molecule has 4 nitrogen and oxygen atoms in total. The number of carbonyl (C=O) groups is 1. The summed E-state index contributed by atoms with van der Waals surface area (Å²) >= 11 is 0. The molecule has 1 heterocycles. The van der Waals surface area contributed by atoms with E-state index in [4.69, 9.17) is 5.11 Å². The van der Waals surface area contributed by atoms with Crippen LogP contribution in [-0.2, 0) is 17.8 Å². The summed E-state index contributed by atoms with van der Waals surface area (Å²) in [6.45, 7) is 0.844. The topological polar surface area (TPSA) is 56.3 Å². The molecule has 90 valence electrons. The quantitative estimate of drug-likeness (QED) is 0.846. The first-order valence-corrected chi connectivity index (χ1v) is 5.51. The molecule has 17 heavy (non-hydrogen) atoms. The molecule has 0 unspecified atom stereocenters. The molecule has 2 aromatic rings. The fourth-order valence-electron chi connectivity index (χ4n) is 1.98. The van der Waals surface area contributed by atoms with Crippen molar-refractivity contribution in [3.8, 4) is 0 Å². The number of benzene rings is 1. The van der Waals surface area contributed by atoms with Crippen molar-refractivity contribution in [1.29, 1.82) is 0 Å². The Hall–Kier alpha value is -1.81. The number of nitrogens with one attached hydrogen (secondary N) is 1. The summed E-state index contributed by atoms with van der Waals surface area (Å²) in [5, 5.41) is 9.90. The average molecular weight is 232 g/mol. The standard InChI is InChI=1S/C13H16N2O2/c1-15(2)8-10-7-14-12-4-3-9(5-11(10)12)6-13(16)17/h3-5,7,14H,6,8H2,1-2H3,(H,16,17). The Morgan fingerprint density at radius 2 is 2.18 bits per heavy atom. The summed E-state index contributed by atoms with van der Waals surface area (Å²) in [5.41, 5.74) is 3.08. The van der Waals surface area contributed by atoms with Gasteiger partial charge in [-0.15, -0.1) is 0 Å². The Morgan fingerprint density at radius 1 is 1.41 bits per heavy atom. The summed E-state index contributed by atoms with van der Waals surface area (Å²) < 4.78 is 0. The Kier molecular flexibility index (Phi) is 3.15. The van der Waals surface area contributed by atoms with E-state index in [0.717, 1.165) is 23.0 Å². The molecular formula is C13H16N2O2. The van der Waals surface area contributed by atoms with Gasteiger partial charge in [0.1, 0.15) is 0 Å². The van der Waals surface area contributed by atoms with Crippen molar-refractivity contribution in [2.24, 2.45) is 0 Å². The lowest BCUT2D eigenvalue weighted by Crippen LogP contribution is -2.10. The van der Waals surface area contributed by atoms with Gasteiger partial charge in [-0.05, 0) is 37.4 Å². The lowest BCUT2D eigenvalue weighted by atomic mass is 10.1. The molecular weight excluding hydrogens is 216 g/mol. The molecule has 1 aromatic carbocycles. The second-order valence-corrected chi connectivity index (χ2v) is 4.50. The van der Waals surface area contributed by atoms with E-state index in [1.165, 1.54) is 5.56 Å². The van der Waals surface area contributed by atoms with Crippen molar-refractivity contribution in [3.63, 3.8) is 0 Å². The van der Waals surface area contributed by atoms with Crippen LogP contribution in [-0.4, -0.2) is 35.1 Å². The average Bonchev–Trinajstić information content (AvgIpc) is 2.59. The van der Waals surface area contributed by atoms with E-state index >= 15 is 0 Å². The highest BCUT2D eigenvalue weighted by molar-refractivity contribution is 5.85. The van der Waals surface area contributed by atoms with Gasteiger partial charge in [0.2, 0.25) is 0 Å². The molecule has 4 heteroatoms. The number of aliphatic carboxylic acids is 1. The number of hydrogen-bond donors (Lipinski definition) is 2. The zero-order chi connectivity index (χ0) is 12.4. The molecule has 0 bridgehead atoms. The van der Waals surface area contributed by atoms with Gasteiger partial charge in [0.05, 0.1) is 6.42 Å². The summed E-state index contributed by atoms with van der Waals surface area (Å²) in [6.07, 6.45) is 2.05. The van der Waals surface area contributed by atoms with Crippen LogP contribution in [0, 0.1) is 0 Å². The van der Waals surface area contributed by atoms with Gasteiger partial charge in [0.15, 0.2) is 0 Å². The van der Waals surface area contributed by atoms with Crippen molar-refractivity contribution in [2.45, 2.75) is 13.0 Å². The third kappa shape index (κ3) is 2.65. The Morgan fingerprint density at radius 3 is 2.82 bits per heavy atom. The lowest BCUT2D eigenvalue weighted by Gasteiger charge is -2.08. The van der Waals surface area contributed by atoms with E-state index in [1.54, 1.807) is 0 Å². The third-order valence-corrected chi connectivity index (χ3v) is 2.67. The SMILES string of the molecule is CN(C)Cc1c[nH]c2ccc(CC(=O)O)cc12. The molecule has 1 aromatic heterocycles. The summed E-state index contributed by atoms with van der Waals surface area (Å²) in [4.78, 5) is 16.0. The Balaban J connectivity index is 2.39. The highest BCUT2D eigenvalue weighted by Crippen LogP contribution is 2.21. The van der Waals surface area contributed by atoms with Gasteiger partial charge in [0.25, 0.3) is 0 Å². The van der Waals surface area contributed by atoms with Gasteiger partial charge in [-0.25, -0.2) is 0 Å². The molecule has 0 saturated carbocycles. The van der Waals surface area contributed by atoms with Gasteiger partial charge >= 0.3 is 5.97 Å². The maximum Gasteiger partial charge on any atom is 0.307 e. The predicted octanol–water partition coefficient (Wildman–Crippen LogP) is 1.86. The molecule has 0 atom stereocenters. The van der Waals surface area contributed by atoms with E-state index in [9.17, 15) is 4.79 Å². The lowest BCUT2D eigenvalue weighted by molar-refractivity contribution is -0.136. The highest BCUT2D eigenvalue weighted by atomic mass is 16.4. The van der Waals surface area contributed by atoms with E-state index in [-0.39, 0.29) is 6.42 Å². The Bertz CT molecular complexity index is 543. The minimum Gasteiger partial charge on any atom is -0.481 e. The van der Waals surface area contributed by atoms with Crippen LogP contribution in [0.25, 0.3) is 10.9 Å². The summed E-state index contributed by atoms with van der Waals surface area (Å²) in [5.74, 6) is -0.797. The van der Waals surface area contributed by atoms with Crippen LogP contribution < -0.4 is 0 Å². The number of carboxylic acid groups (broad SMARTS) is 1. The largest absolute Gasteiger partial charge is 0.481 e. The second-order valence-electron chi connectivity index (χ2n) is 4.50. The Labute approximate surface area is 99.9 Å². The van der Waals surface area contributed by atoms with E-state index in [1.807, 2.05) is 38.5 Å². The van der Waals surface area contributed by atoms with E-state index in [0.29, 0.717) is 0 Å². The molecule has 0 aliphatic rings. The highest BCUT2D eigenvalue weighted by Gasteiger charge is 2.07. The zero-order valence-electron chi connectivity index (χ0n) is 10.0. The van der Waals surface area contributed by atoms with Crippen molar-refractivity contribution in [1.82, 2.24) is 9.88 Å². The van der Waals surface area contributed by atoms with Crippen LogP contribution in [0.2, 0.25) is 0 Å². The number of H-pyrrole nitrogens is 1. The molecule has 0 radical (unpaired) electrons. The van der Waals surface area contributed by atoms with Gasteiger partial charge in [0, 0.05) is 23.6 Å². The maximum absolute atomic E-state index is 10.7. The molecule has 0 fully saturated rings. The maximum atomic E-state index is 10.7. The number of rotatable bonds is 4. The fraction of sp³-hybridized carbons (Fsp3) is 0.308. The van der Waals surface area contributed by atoms with Crippen LogP contribution in [0.4, 0.5) is 0 Å². The molecule has 0 spiro atoms. The fourth-order valence-corrected chi connectivity index (χ4v) is 1.98. The number of hydrogen-bond acceptors (Lipinski definition) is 2. The number of nitrogens with zero attached hydrogens (tertiary/aromatic N) is 1. The normalized spacial score (nSPS) is 11.2. The van der Waals surface area contributed by atoms with Crippen molar-refractivity contribution in [3.05, 3.63) is 35.5 Å². The zero-order valence-corrected chi connectivity index (χ0v) is 10.0. The molecule has 2 N–H and O–H groups in total. The van der Waals surface area contributed by atoms with Gasteiger partial charge in [-0.3, -0.25) is 4.79 Å². The van der Waals surface area contributed by atoms with Gasteiger partial charge in [-0.2, -0.15) is 0 Å². The van der Waals surface area contributed by atoms with E-state index in [2.05, 4.69) is 9.88 Å². The first kappa shape index (κ1) is 11.7. The minimum atomic E-state index is -0.797. The van der Waals surface area contributed by atoms with Crippen LogP contribution in [0.3, 0.4) is 0 Å². The number of aromatic amines is 1. The molecule has 0 aliphatic carbocycles. The van der Waals surface area contributed by atoms with Crippen LogP contribution in [0.15, 0.2) is 24.4 Å². The molecule has 0 saturated heterocycles. The van der Waals surface area contributed by atoms with Crippen molar-refractivity contribution in [2.75, 3.05) is 14.1 Å². The monoisotopic (exact) mass is 232 g/mol. The summed E-state index contributed by atoms with van der Waals surface area (Å²) in [6, 6.07) is 5.75. The third-order valence-electron chi connectivity index (χ3n) is 2.67. The number of fused-ring (bicyclic) bond motifs is 1. The number of aromatic nitrogens is 1. The molecule has 0 aliphatic heterocycles. The van der Waals surface area contributed by atoms with Gasteiger partial charge in [-0.1, -0.05) is 6.07 Å². The molecule has 0 amide bonds. The van der Waals surface area contributed by atoms with Gasteiger partial charge < -0.3 is 15.0 Å². The first-order valence-electron chi connectivity index (χ1n) is 5.51. The smallest absolute Gasteiger partial charge is 0.307 e. The second kappa shape index (κ2) is 4.59. The molecule has 2 rings (SSSR count). The van der Waals surface area contributed by atoms with Crippen molar-refractivity contribution < 1.29 is 9.90 Å². The van der Waals surface area contributed by atoms with Crippen molar-refractivity contribution >= 4 is 16.9 Å². The predicted molar refractivity (Wildman–Crippen MR) is 67.0 cm³/mol. The number of carboxylic acids is 1. The summed E-state index contributed by atoms with van der Waals surface area (Å²) in [7, 11) is 4.03. The van der Waals surface area contributed by atoms with E-state index < -0.39 is 5.97 Å².